The molecule has 1 fully saturated rings. The first-order chi connectivity index (χ1) is 18.6. The second-order valence-corrected chi connectivity index (χ2v) is 11.8. The van der Waals surface area contributed by atoms with Gasteiger partial charge in [-0.15, -0.1) is 0 Å². The van der Waals surface area contributed by atoms with E-state index in [1.165, 1.54) is 18.2 Å². The van der Waals surface area contributed by atoms with Crippen LogP contribution in [0.25, 0.3) is 11.0 Å². The molecule has 2 atom stereocenters. The maximum absolute atomic E-state index is 13.3. The number of furan rings is 1. The number of nitriles is 1. The molecule has 39 heavy (non-hydrogen) atoms. The van der Waals surface area contributed by atoms with Crippen molar-refractivity contribution in [3.8, 4) is 6.07 Å². The third-order valence-corrected chi connectivity index (χ3v) is 8.44. The van der Waals surface area contributed by atoms with Gasteiger partial charge in [0.1, 0.15) is 17.7 Å². The van der Waals surface area contributed by atoms with Crippen LogP contribution in [0.3, 0.4) is 0 Å². The van der Waals surface area contributed by atoms with Crippen molar-refractivity contribution in [3.05, 3.63) is 65.9 Å². The highest BCUT2D eigenvalue weighted by atomic mass is 32.2. The topological polar surface area (TPSA) is 150 Å². The number of para-hydroxylation sites is 1. The Bertz CT molecular complexity index is 1510. The number of nitrogens with one attached hydrogen (secondary N) is 2. The van der Waals surface area contributed by atoms with Gasteiger partial charge in [0.05, 0.1) is 23.0 Å². The Hall–Kier alpha value is -4.01. The summed E-state index contributed by atoms with van der Waals surface area (Å²) in [5.41, 5.74) is 0.546. The highest BCUT2D eigenvalue weighted by Gasteiger charge is 2.35. The van der Waals surface area contributed by atoms with Crippen molar-refractivity contribution in [2.45, 2.75) is 50.1 Å². The largest absolute Gasteiger partial charge is 0.451 e. The fourth-order valence-corrected chi connectivity index (χ4v) is 6.16. The minimum absolute atomic E-state index is 0.00392. The predicted octanol–water partition coefficient (Wildman–Crippen LogP) is 2.99. The number of ketones is 1. The van der Waals surface area contributed by atoms with Crippen LogP contribution < -0.4 is 10.6 Å². The second kappa shape index (κ2) is 11.8. The van der Waals surface area contributed by atoms with Crippen LogP contribution >= 0.6 is 0 Å². The summed E-state index contributed by atoms with van der Waals surface area (Å²) in [5.74, 6) is -1.42. The number of Topliss-reactive ketones (excluding diaryl/α,β-unsaturated/α-hetero) is 1. The minimum atomic E-state index is -4.09. The molecule has 0 bridgehead atoms. The highest BCUT2D eigenvalue weighted by molar-refractivity contribution is 7.89. The van der Waals surface area contributed by atoms with E-state index in [1.807, 2.05) is 32.0 Å². The van der Waals surface area contributed by atoms with Crippen molar-refractivity contribution in [2.75, 3.05) is 13.1 Å². The predicted molar refractivity (Wildman–Crippen MR) is 143 cm³/mol. The summed E-state index contributed by atoms with van der Waals surface area (Å²) in [6.45, 7) is 3.45. The third-order valence-electron chi connectivity index (χ3n) is 6.54. The Labute approximate surface area is 227 Å². The van der Waals surface area contributed by atoms with Crippen LogP contribution in [0.2, 0.25) is 0 Å². The zero-order chi connectivity index (χ0) is 28.2. The van der Waals surface area contributed by atoms with Gasteiger partial charge < -0.3 is 15.1 Å². The second-order valence-electron chi connectivity index (χ2n) is 9.92. The summed E-state index contributed by atoms with van der Waals surface area (Å²) in [4.78, 5) is 39.1. The smallest absolute Gasteiger partial charge is 0.287 e. The molecule has 1 aliphatic rings. The lowest BCUT2D eigenvalue weighted by molar-refractivity contribution is -0.129. The van der Waals surface area contributed by atoms with Crippen LogP contribution in [-0.4, -0.2) is 55.5 Å². The molecule has 0 radical (unpaired) electrons. The maximum Gasteiger partial charge on any atom is 0.287 e. The highest BCUT2D eigenvalue weighted by Crippen LogP contribution is 2.23. The van der Waals surface area contributed by atoms with Gasteiger partial charge in [-0.25, -0.2) is 8.42 Å². The Balaban J connectivity index is 1.46. The Kier molecular flexibility index (Phi) is 8.47. The Morgan fingerprint density at radius 1 is 1.15 bits per heavy atom. The molecule has 2 amide bonds. The number of carbonyl (C=O) groups excluding carboxylic acids is 3. The van der Waals surface area contributed by atoms with Crippen molar-refractivity contribution in [2.24, 2.45) is 5.92 Å². The van der Waals surface area contributed by atoms with Crippen LogP contribution in [0.4, 0.5) is 0 Å². The first-order valence-corrected chi connectivity index (χ1v) is 14.2. The number of hydrogen-bond acceptors (Lipinski definition) is 7. The van der Waals surface area contributed by atoms with Crippen molar-refractivity contribution in [3.63, 3.8) is 0 Å². The van der Waals surface area contributed by atoms with E-state index in [4.69, 9.17) is 4.42 Å². The van der Waals surface area contributed by atoms with E-state index in [-0.39, 0.29) is 35.1 Å². The van der Waals surface area contributed by atoms with Gasteiger partial charge in [0.25, 0.3) is 5.91 Å². The maximum atomic E-state index is 13.3. The van der Waals surface area contributed by atoms with Crippen LogP contribution in [0.15, 0.2) is 63.9 Å². The number of hydrogen-bond donors (Lipinski definition) is 2. The van der Waals surface area contributed by atoms with Crippen LogP contribution in [-0.2, 0) is 19.6 Å². The third kappa shape index (κ3) is 6.35. The molecule has 3 aromatic rings. The van der Waals surface area contributed by atoms with Gasteiger partial charge in [-0.2, -0.15) is 9.57 Å². The zero-order valence-electron chi connectivity index (χ0n) is 21.7. The van der Waals surface area contributed by atoms with Gasteiger partial charge in [-0.05, 0) is 49.4 Å². The number of carbonyl (C=O) groups is 3. The van der Waals surface area contributed by atoms with E-state index >= 15 is 0 Å². The molecule has 1 aromatic heterocycles. The number of benzene rings is 2. The lowest BCUT2D eigenvalue weighted by Crippen LogP contribution is -2.52. The van der Waals surface area contributed by atoms with E-state index in [2.05, 4.69) is 10.6 Å². The summed E-state index contributed by atoms with van der Waals surface area (Å²) in [7, 11) is -4.09. The molecule has 10 nitrogen and oxygen atoms in total. The molecule has 0 aliphatic carbocycles. The molecule has 2 heterocycles. The molecule has 0 saturated carbocycles. The fourth-order valence-electron chi connectivity index (χ4n) is 4.58. The SMILES string of the molecule is CC(C)CC(NC(=O)c1cc2ccccc2o1)C(=O)N[C@@H]1CCCN(S(=O)(=O)c2ccccc2C#N)CC1=O. The molecule has 1 aliphatic heterocycles. The monoisotopic (exact) mass is 550 g/mol. The first-order valence-electron chi connectivity index (χ1n) is 12.7. The Morgan fingerprint density at radius 3 is 2.59 bits per heavy atom. The van der Waals surface area contributed by atoms with E-state index in [0.717, 1.165) is 9.69 Å². The van der Waals surface area contributed by atoms with Gasteiger partial charge in [-0.1, -0.05) is 44.2 Å². The van der Waals surface area contributed by atoms with E-state index < -0.39 is 46.2 Å². The van der Waals surface area contributed by atoms with Gasteiger partial charge in [0.2, 0.25) is 15.9 Å². The van der Waals surface area contributed by atoms with Crippen LogP contribution in [0.5, 0.6) is 0 Å². The van der Waals surface area contributed by atoms with Crippen molar-refractivity contribution in [1.82, 2.24) is 14.9 Å². The Morgan fingerprint density at radius 2 is 1.87 bits per heavy atom. The molecular formula is C28H30N4O6S. The molecular weight excluding hydrogens is 520 g/mol. The summed E-state index contributed by atoms with van der Waals surface area (Å²) in [5, 5.41) is 15.5. The molecule has 11 heteroatoms. The van der Waals surface area contributed by atoms with E-state index in [9.17, 15) is 28.1 Å². The van der Waals surface area contributed by atoms with E-state index in [1.54, 1.807) is 24.3 Å². The number of fused-ring (bicyclic) bond motifs is 1. The van der Waals surface area contributed by atoms with Crippen LogP contribution in [0, 0.1) is 17.2 Å². The van der Waals surface area contributed by atoms with Gasteiger partial charge >= 0.3 is 0 Å². The molecule has 4 rings (SSSR count). The standard InChI is InChI=1S/C28H30N4O6S/c1-18(2)14-22(31-28(35)25-15-19-8-3-5-11-24(19)38-25)27(34)30-21-10-7-13-32(17-23(21)33)39(36,37)26-12-6-4-9-20(26)16-29/h3-6,8-9,11-12,15,18,21-22H,7,10,13-14,17H2,1-2H3,(H,30,34)(H,31,35)/t21-,22?/m1/s1. The fraction of sp³-hybridized carbons (Fsp3) is 0.357. The summed E-state index contributed by atoms with van der Waals surface area (Å²) in [6.07, 6.45) is 0.886. The summed E-state index contributed by atoms with van der Waals surface area (Å²) >= 11 is 0. The normalized spacial score (nSPS) is 17.4. The van der Waals surface area contributed by atoms with Crippen molar-refractivity contribution >= 4 is 38.6 Å². The summed E-state index contributed by atoms with van der Waals surface area (Å²) < 4.78 is 33.1. The van der Waals surface area contributed by atoms with Gasteiger partial charge in [-0.3, -0.25) is 14.4 Å². The first kappa shape index (κ1) is 28.0. The quantitative estimate of drug-likeness (QED) is 0.438. The van der Waals surface area contributed by atoms with Crippen molar-refractivity contribution in [1.29, 1.82) is 5.26 Å². The van der Waals surface area contributed by atoms with Crippen molar-refractivity contribution < 1.29 is 27.2 Å². The molecule has 1 unspecified atom stereocenters. The van der Waals surface area contributed by atoms with Crippen LogP contribution in [0.1, 0.15) is 49.2 Å². The number of rotatable bonds is 8. The van der Waals surface area contributed by atoms with Gasteiger partial charge in [0, 0.05) is 11.9 Å². The number of sulfonamides is 1. The molecule has 204 valence electrons. The minimum Gasteiger partial charge on any atom is -0.451 e. The summed E-state index contributed by atoms with van der Waals surface area (Å²) in [6, 6.07) is 14.6. The average molecular weight is 551 g/mol. The number of nitrogens with zero attached hydrogens (tertiary/aromatic N) is 2. The van der Waals surface area contributed by atoms with E-state index in [0.29, 0.717) is 18.4 Å². The molecule has 1 saturated heterocycles. The molecule has 0 spiro atoms. The lowest BCUT2D eigenvalue weighted by atomic mass is 10.0. The molecule has 2 N–H and O–H groups in total. The number of amides is 2. The lowest BCUT2D eigenvalue weighted by Gasteiger charge is -2.23. The van der Waals surface area contributed by atoms with Gasteiger partial charge in [0.15, 0.2) is 11.5 Å². The molecule has 2 aromatic carbocycles. The zero-order valence-corrected chi connectivity index (χ0v) is 22.5. The average Bonchev–Trinajstić information content (AvgIpc) is 3.26.